The highest BCUT2D eigenvalue weighted by Gasteiger charge is 2.19. The Hall–Kier alpha value is -4.00. The maximum Gasteiger partial charge on any atom is 0.274 e. The molecule has 5 rings (SSSR count). The molecule has 0 saturated heterocycles. The predicted octanol–water partition coefficient (Wildman–Crippen LogP) is 4.55. The highest BCUT2D eigenvalue weighted by Crippen LogP contribution is 2.23. The van der Waals surface area contributed by atoms with E-state index in [1.165, 1.54) is 0 Å². The van der Waals surface area contributed by atoms with Gasteiger partial charge in [-0.25, -0.2) is 4.98 Å². The maximum absolute atomic E-state index is 12.9. The molecular formula is C24H21N5O2. The minimum atomic E-state index is -0.269. The second-order valence-electron chi connectivity index (χ2n) is 7.78. The van der Waals surface area contributed by atoms with E-state index in [4.69, 9.17) is 0 Å². The van der Waals surface area contributed by atoms with E-state index < -0.39 is 0 Å². The number of ketones is 1. The molecule has 0 unspecified atom stereocenters. The van der Waals surface area contributed by atoms with Gasteiger partial charge in [0.1, 0.15) is 11.2 Å². The molecule has 0 radical (unpaired) electrons. The molecule has 3 heterocycles. The first kappa shape index (κ1) is 19.0. The molecule has 0 fully saturated rings. The molecule has 1 aliphatic rings. The minimum Gasteiger partial charge on any atom is -0.340 e. The zero-order valence-corrected chi connectivity index (χ0v) is 17.3. The van der Waals surface area contributed by atoms with Crippen molar-refractivity contribution in [2.45, 2.75) is 19.8 Å². The Labute approximate surface area is 178 Å². The number of hydrogen-bond acceptors (Lipinski definition) is 4. The summed E-state index contributed by atoms with van der Waals surface area (Å²) >= 11 is 0. The van der Waals surface area contributed by atoms with Crippen molar-refractivity contribution >= 4 is 45.3 Å². The third kappa shape index (κ3) is 3.44. The van der Waals surface area contributed by atoms with E-state index in [2.05, 4.69) is 26.3 Å². The number of H-pyrrole nitrogens is 1. The molecule has 2 aromatic carbocycles. The lowest BCUT2D eigenvalue weighted by Gasteiger charge is -2.04. The molecule has 0 bridgehead atoms. The third-order valence-electron chi connectivity index (χ3n) is 5.56. The van der Waals surface area contributed by atoms with E-state index in [0.717, 1.165) is 22.2 Å². The first-order valence-electron chi connectivity index (χ1n) is 10.1. The first-order valence-corrected chi connectivity index (χ1v) is 10.1. The Morgan fingerprint density at radius 1 is 1.19 bits per heavy atom. The van der Waals surface area contributed by atoms with E-state index in [1.54, 1.807) is 18.3 Å². The van der Waals surface area contributed by atoms with E-state index in [9.17, 15) is 9.59 Å². The standard InChI is InChI=1S/C24H21N5O2/c1-14-8-9-19-15(11-14)12-20(29(19)2)23(31)28-24-26-18-7-3-6-17(22(18)27-24)21(30)13-16-5-4-10-25-16/h3-4,6-12H,5,13H2,1-2H3,(H2,26,27,28,31). The van der Waals surface area contributed by atoms with Crippen molar-refractivity contribution in [3.8, 4) is 0 Å². The van der Waals surface area contributed by atoms with Crippen LogP contribution in [0.3, 0.4) is 0 Å². The molecule has 0 atom stereocenters. The second kappa shape index (κ2) is 7.36. The van der Waals surface area contributed by atoms with Crippen molar-refractivity contribution in [3.05, 3.63) is 71.6 Å². The number of rotatable bonds is 5. The second-order valence-corrected chi connectivity index (χ2v) is 7.78. The predicted molar refractivity (Wildman–Crippen MR) is 122 cm³/mol. The van der Waals surface area contributed by atoms with Gasteiger partial charge in [-0.15, -0.1) is 0 Å². The quantitative estimate of drug-likeness (QED) is 0.472. The van der Waals surface area contributed by atoms with Crippen molar-refractivity contribution in [2.24, 2.45) is 12.0 Å². The average Bonchev–Trinajstić information content (AvgIpc) is 3.46. The third-order valence-corrected chi connectivity index (χ3v) is 5.56. The summed E-state index contributed by atoms with van der Waals surface area (Å²) in [5, 5.41) is 3.84. The Bertz CT molecular complexity index is 1420. The maximum atomic E-state index is 12.9. The topological polar surface area (TPSA) is 92.1 Å². The number of aromatic amines is 1. The summed E-state index contributed by atoms with van der Waals surface area (Å²) in [5.41, 5.74) is 5.25. The number of aliphatic imine (C=N–C) groups is 1. The average molecular weight is 411 g/mol. The normalized spacial score (nSPS) is 13.2. The lowest BCUT2D eigenvalue weighted by atomic mass is 10.0. The summed E-state index contributed by atoms with van der Waals surface area (Å²) in [5.74, 6) is -0.00212. The largest absolute Gasteiger partial charge is 0.340 e. The fourth-order valence-electron chi connectivity index (χ4n) is 3.97. The molecule has 31 heavy (non-hydrogen) atoms. The highest BCUT2D eigenvalue weighted by atomic mass is 16.2. The van der Waals surface area contributed by atoms with Crippen molar-refractivity contribution in [1.82, 2.24) is 14.5 Å². The number of anilines is 1. The molecule has 0 aliphatic carbocycles. The zero-order chi connectivity index (χ0) is 21.5. The minimum absolute atomic E-state index is 0.0403. The van der Waals surface area contributed by atoms with Crippen LogP contribution < -0.4 is 5.32 Å². The SMILES string of the molecule is Cc1ccc2c(c1)cc(C(=O)Nc1nc3c(C(=O)CC4=NC=CC4)cccc3[nH]1)n2C. The monoisotopic (exact) mass is 411 g/mol. The Balaban J connectivity index is 1.43. The van der Waals surface area contributed by atoms with Crippen LogP contribution in [0.4, 0.5) is 5.95 Å². The molecule has 7 nitrogen and oxygen atoms in total. The van der Waals surface area contributed by atoms with Gasteiger partial charge in [-0.1, -0.05) is 23.8 Å². The van der Waals surface area contributed by atoms with Crippen LogP contribution in [-0.2, 0) is 7.05 Å². The van der Waals surface area contributed by atoms with Crippen LogP contribution in [0.15, 0.2) is 59.7 Å². The van der Waals surface area contributed by atoms with Crippen LogP contribution in [-0.4, -0.2) is 31.9 Å². The number of para-hydroxylation sites is 1. The number of aromatic nitrogens is 3. The molecule has 0 saturated carbocycles. The van der Waals surface area contributed by atoms with Crippen molar-refractivity contribution < 1.29 is 9.59 Å². The highest BCUT2D eigenvalue weighted by molar-refractivity contribution is 6.15. The van der Waals surface area contributed by atoms with Gasteiger partial charge in [-0.05, 0) is 37.3 Å². The molecule has 4 aromatic rings. The molecule has 154 valence electrons. The summed E-state index contributed by atoms with van der Waals surface area (Å²) in [6.45, 7) is 2.02. The van der Waals surface area contributed by atoms with Gasteiger partial charge in [0, 0.05) is 48.3 Å². The summed E-state index contributed by atoms with van der Waals surface area (Å²) in [6.07, 6.45) is 4.61. The number of aryl methyl sites for hydroxylation is 2. The van der Waals surface area contributed by atoms with Crippen LogP contribution in [0.5, 0.6) is 0 Å². The van der Waals surface area contributed by atoms with Crippen LogP contribution in [0, 0.1) is 6.92 Å². The molecule has 1 aliphatic heterocycles. The number of carbonyl (C=O) groups is 2. The summed E-state index contributed by atoms with van der Waals surface area (Å²) in [6, 6.07) is 13.3. The Kier molecular flexibility index (Phi) is 4.51. The van der Waals surface area contributed by atoms with E-state index >= 15 is 0 Å². The number of Topliss-reactive ketones (excluding diaryl/α,β-unsaturated/α-hetero) is 1. The summed E-state index contributed by atoms with van der Waals surface area (Å²) in [4.78, 5) is 37.5. The van der Waals surface area contributed by atoms with Crippen LogP contribution in [0.1, 0.15) is 39.3 Å². The van der Waals surface area contributed by atoms with Crippen LogP contribution >= 0.6 is 0 Å². The molecule has 2 N–H and O–H groups in total. The van der Waals surface area contributed by atoms with Crippen LogP contribution in [0.25, 0.3) is 21.9 Å². The number of benzene rings is 2. The fourth-order valence-corrected chi connectivity index (χ4v) is 3.97. The lowest BCUT2D eigenvalue weighted by Crippen LogP contribution is -2.16. The van der Waals surface area contributed by atoms with Crippen molar-refractivity contribution in [2.75, 3.05) is 5.32 Å². The van der Waals surface area contributed by atoms with E-state index in [-0.39, 0.29) is 18.1 Å². The first-order chi connectivity index (χ1) is 15.0. The number of carbonyl (C=O) groups excluding carboxylic acids is 2. The van der Waals surface area contributed by atoms with Gasteiger partial charge in [0.25, 0.3) is 5.91 Å². The van der Waals surface area contributed by atoms with E-state index in [0.29, 0.717) is 34.7 Å². The van der Waals surface area contributed by atoms with Crippen molar-refractivity contribution in [3.63, 3.8) is 0 Å². The number of nitrogens with zero attached hydrogens (tertiary/aromatic N) is 3. The number of hydrogen-bond donors (Lipinski definition) is 2. The number of allylic oxidation sites excluding steroid dienone is 1. The fraction of sp³-hybridized carbons (Fsp3) is 0.167. The van der Waals surface area contributed by atoms with Gasteiger partial charge >= 0.3 is 0 Å². The smallest absolute Gasteiger partial charge is 0.274 e. The number of imidazole rings is 1. The van der Waals surface area contributed by atoms with Gasteiger partial charge in [0.2, 0.25) is 5.95 Å². The van der Waals surface area contributed by atoms with Gasteiger partial charge in [0.15, 0.2) is 5.78 Å². The number of amides is 1. The molecule has 0 spiro atoms. The molecular weight excluding hydrogens is 390 g/mol. The lowest BCUT2D eigenvalue weighted by molar-refractivity contribution is 0.0998. The molecule has 1 amide bonds. The number of nitrogens with one attached hydrogen (secondary N) is 2. The van der Waals surface area contributed by atoms with E-state index in [1.807, 2.05) is 48.9 Å². The Morgan fingerprint density at radius 3 is 2.87 bits per heavy atom. The van der Waals surface area contributed by atoms with Gasteiger partial charge in [0.05, 0.1) is 5.52 Å². The van der Waals surface area contributed by atoms with Gasteiger partial charge in [-0.3, -0.25) is 19.9 Å². The van der Waals surface area contributed by atoms with Gasteiger partial charge < -0.3 is 9.55 Å². The van der Waals surface area contributed by atoms with Crippen LogP contribution in [0.2, 0.25) is 0 Å². The molecule has 2 aromatic heterocycles. The van der Waals surface area contributed by atoms with Crippen molar-refractivity contribution in [1.29, 1.82) is 0 Å². The zero-order valence-electron chi connectivity index (χ0n) is 17.3. The van der Waals surface area contributed by atoms with Gasteiger partial charge in [-0.2, -0.15) is 0 Å². The summed E-state index contributed by atoms with van der Waals surface area (Å²) in [7, 11) is 1.86. The molecule has 7 heteroatoms. The number of fused-ring (bicyclic) bond motifs is 2. The summed E-state index contributed by atoms with van der Waals surface area (Å²) < 4.78 is 1.86. The Morgan fingerprint density at radius 2 is 2.06 bits per heavy atom.